The molecule has 0 saturated carbocycles. The fourth-order valence-corrected chi connectivity index (χ4v) is 3.61. The highest BCUT2D eigenvalue weighted by Crippen LogP contribution is 2.24. The summed E-state index contributed by atoms with van der Waals surface area (Å²) in [4.78, 5) is 19.6. The third kappa shape index (κ3) is 3.95. The van der Waals surface area contributed by atoms with Gasteiger partial charge in [0.25, 0.3) is 5.91 Å². The van der Waals surface area contributed by atoms with Gasteiger partial charge in [-0.25, -0.2) is 0 Å². The van der Waals surface area contributed by atoms with Crippen molar-refractivity contribution >= 4 is 11.6 Å². The molecule has 1 aromatic carbocycles. The molecule has 4 heteroatoms. The molecule has 0 radical (unpaired) electrons. The summed E-state index contributed by atoms with van der Waals surface area (Å²) < 4.78 is 2.16. The molecule has 0 fully saturated rings. The molecule has 0 atom stereocenters. The molecule has 0 saturated heterocycles. The van der Waals surface area contributed by atoms with Crippen molar-refractivity contribution in [1.29, 1.82) is 0 Å². The summed E-state index contributed by atoms with van der Waals surface area (Å²) >= 11 is 0. The Hall–Kier alpha value is -2.88. The highest BCUT2D eigenvalue weighted by molar-refractivity contribution is 6.07. The summed E-state index contributed by atoms with van der Waals surface area (Å²) in [5.41, 5.74) is 7.07. The fraction of sp³-hybridized carbons (Fsp3) is 0.304. The standard InChI is InChI=1S/C23H27N3O/c1-6-25(21-12-16(2)11-17(3)13-21)23(27)22-14-18(4)26(19(22)5)15-20-9-7-8-10-24-20/h7-14H,6,15H2,1-5H3. The lowest BCUT2D eigenvalue weighted by molar-refractivity contribution is 0.0987. The van der Waals surface area contributed by atoms with Gasteiger partial charge < -0.3 is 9.47 Å². The molecule has 0 unspecified atom stereocenters. The average molecular weight is 361 g/mol. The maximum Gasteiger partial charge on any atom is 0.260 e. The average Bonchev–Trinajstić information content (AvgIpc) is 2.90. The van der Waals surface area contributed by atoms with E-state index in [-0.39, 0.29) is 5.91 Å². The summed E-state index contributed by atoms with van der Waals surface area (Å²) in [5.74, 6) is 0.0443. The minimum atomic E-state index is 0.0443. The zero-order valence-electron chi connectivity index (χ0n) is 16.8. The lowest BCUT2D eigenvalue weighted by Gasteiger charge is -2.22. The van der Waals surface area contributed by atoms with E-state index in [2.05, 4.69) is 41.6 Å². The molecule has 2 aromatic heterocycles. The Morgan fingerprint density at radius 2 is 1.74 bits per heavy atom. The molecule has 1 amide bonds. The van der Waals surface area contributed by atoms with Gasteiger partial charge in [-0.3, -0.25) is 9.78 Å². The van der Waals surface area contributed by atoms with Crippen molar-refractivity contribution < 1.29 is 4.79 Å². The smallest absolute Gasteiger partial charge is 0.260 e. The van der Waals surface area contributed by atoms with Crippen LogP contribution in [0, 0.1) is 27.7 Å². The predicted molar refractivity (Wildman–Crippen MR) is 111 cm³/mol. The van der Waals surface area contributed by atoms with Crippen molar-refractivity contribution in [2.24, 2.45) is 0 Å². The van der Waals surface area contributed by atoms with Gasteiger partial charge >= 0.3 is 0 Å². The molecule has 0 aliphatic heterocycles. The van der Waals surface area contributed by atoms with Gasteiger partial charge in [-0.2, -0.15) is 0 Å². The normalized spacial score (nSPS) is 10.9. The summed E-state index contributed by atoms with van der Waals surface area (Å²) in [6.45, 7) is 11.5. The highest BCUT2D eigenvalue weighted by Gasteiger charge is 2.22. The van der Waals surface area contributed by atoms with E-state index in [1.807, 2.05) is 49.9 Å². The van der Waals surface area contributed by atoms with E-state index in [0.717, 1.165) is 39.5 Å². The number of amides is 1. The quantitative estimate of drug-likeness (QED) is 0.653. The van der Waals surface area contributed by atoms with Crippen LogP contribution in [0.3, 0.4) is 0 Å². The molecule has 0 bridgehead atoms. The van der Waals surface area contributed by atoms with Crippen LogP contribution in [0.1, 0.15) is 45.5 Å². The van der Waals surface area contributed by atoms with E-state index >= 15 is 0 Å². The number of rotatable bonds is 5. The van der Waals surface area contributed by atoms with Gasteiger partial charge in [0.15, 0.2) is 0 Å². The maximum absolute atomic E-state index is 13.3. The zero-order chi connectivity index (χ0) is 19.6. The van der Waals surface area contributed by atoms with Crippen LogP contribution < -0.4 is 4.90 Å². The molecule has 4 nitrogen and oxygen atoms in total. The first-order chi connectivity index (χ1) is 12.9. The van der Waals surface area contributed by atoms with E-state index in [4.69, 9.17) is 0 Å². The van der Waals surface area contributed by atoms with Gasteiger partial charge in [-0.1, -0.05) is 12.1 Å². The van der Waals surface area contributed by atoms with Crippen LogP contribution in [0.25, 0.3) is 0 Å². The number of pyridine rings is 1. The Labute approximate surface area is 161 Å². The monoisotopic (exact) mass is 361 g/mol. The Morgan fingerprint density at radius 3 is 2.33 bits per heavy atom. The van der Waals surface area contributed by atoms with E-state index in [1.165, 1.54) is 0 Å². The molecule has 0 spiro atoms. The van der Waals surface area contributed by atoms with Crippen molar-refractivity contribution in [3.63, 3.8) is 0 Å². The molecule has 0 aliphatic carbocycles. The summed E-state index contributed by atoms with van der Waals surface area (Å²) in [5, 5.41) is 0. The highest BCUT2D eigenvalue weighted by atomic mass is 16.2. The number of benzene rings is 1. The fourth-order valence-electron chi connectivity index (χ4n) is 3.61. The van der Waals surface area contributed by atoms with Gasteiger partial charge in [0.1, 0.15) is 0 Å². The maximum atomic E-state index is 13.3. The number of anilines is 1. The van der Waals surface area contributed by atoms with Crippen molar-refractivity contribution in [1.82, 2.24) is 9.55 Å². The van der Waals surface area contributed by atoms with Crippen LogP contribution >= 0.6 is 0 Å². The second-order valence-electron chi connectivity index (χ2n) is 7.09. The molecule has 3 aromatic rings. The van der Waals surface area contributed by atoms with Gasteiger partial charge in [0.05, 0.1) is 17.8 Å². The first-order valence-electron chi connectivity index (χ1n) is 9.37. The second kappa shape index (κ2) is 7.78. The van der Waals surface area contributed by atoms with Crippen LogP contribution in [0.5, 0.6) is 0 Å². The molecule has 3 rings (SSSR count). The van der Waals surface area contributed by atoms with Crippen LogP contribution in [-0.4, -0.2) is 22.0 Å². The second-order valence-corrected chi connectivity index (χ2v) is 7.09. The van der Waals surface area contributed by atoms with Crippen molar-refractivity contribution in [2.75, 3.05) is 11.4 Å². The van der Waals surface area contributed by atoms with Crippen LogP contribution in [0.15, 0.2) is 48.7 Å². The van der Waals surface area contributed by atoms with E-state index in [9.17, 15) is 4.79 Å². The molecular weight excluding hydrogens is 334 g/mol. The largest absolute Gasteiger partial charge is 0.342 e. The Kier molecular flexibility index (Phi) is 5.45. The minimum absolute atomic E-state index is 0.0443. The predicted octanol–water partition coefficient (Wildman–Crippen LogP) is 4.83. The molecule has 2 heterocycles. The van der Waals surface area contributed by atoms with E-state index < -0.39 is 0 Å². The topological polar surface area (TPSA) is 38.1 Å². The summed E-state index contributed by atoms with van der Waals surface area (Å²) in [6.07, 6.45) is 1.80. The zero-order valence-corrected chi connectivity index (χ0v) is 16.8. The van der Waals surface area contributed by atoms with Gasteiger partial charge in [0.2, 0.25) is 0 Å². The summed E-state index contributed by atoms with van der Waals surface area (Å²) in [7, 11) is 0. The van der Waals surface area contributed by atoms with Gasteiger partial charge in [-0.05, 0) is 76.1 Å². The van der Waals surface area contributed by atoms with Crippen LogP contribution in [0.2, 0.25) is 0 Å². The number of aryl methyl sites for hydroxylation is 3. The Morgan fingerprint density at radius 1 is 1.04 bits per heavy atom. The summed E-state index contributed by atoms with van der Waals surface area (Å²) in [6, 6.07) is 14.2. The molecule has 140 valence electrons. The third-order valence-electron chi connectivity index (χ3n) is 4.93. The SMILES string of the molecule is CCN(C(=O)c1cc(C)n(Cc2ccccn2)c1C)c1cc(C)cc(C)c1. The lowest BCUT2D eigenvalue weighted by atomic mass is 10.1. The van der Waals surface area contributed by atoms with Crippen LogP contribution in [0.4, 0.5) is 5.69 Å². The number of hydrogen-bond donors (Lipinski definition) is 0. The van der Waals surface area contributed by atoms with Gasteiger partial charge in [0, 0.05) is 29.8 Å². The minimum Gasteiger partial charge on any atom is -0.342 e. The number of hydrogen-bond acceptors (Lipinski definition) is 2. The van der Waals surface area contributed by atoms with Crippen molar-refractivity contribution in [3.05, 3.63) is 82.4 Å². The number of aromatic nitrogens is 2. The Bertz CT molecular complexity index is 937. The molecular formula is C23H27N3O. The molecule has 0 aliphatic rings. The first kappa shape index (κ1) is 18.9. The third-order valence-corrected chi connectivity index (χ3v) is 4.93. The van der Waals surface area contributed by atoms with Gasteiger partial charge in [-0.15, -0.1) is 0 Å². The molecule has 0 N–H and O–H groups in total. The first-order valence-corrected chi connectivity index (χ1v) is 9.37. The van der Waals surface area contributed by atoms with E-state index in [1.54, 1.807) is 6.20 Å². The number of carbonyl (C=O) groups excluding carboxylic acids is 1. The van der Waals surface area contributed by atoms with E-state index in [0.29, 0.717) is 13.1 Å². The lowest BCUT2D eigenvalue weighted by Crippen LogP contribution is -2.31. The van der Waals surface area contributed by atoms with Crippen molar-refractivity contribution in [3.8, 4) is 0 Å². The van der Waals surface area contributed by atoms with Crippen LogP contribution in [-0.2, 0) is 6.54 Å². The number of nitrogens with zero attached hydrogens (tertiary/aromatic N) is 3. The number of carbonyl (C=O) groups is 1. The molecule has 27 heavy (non-hydrogen) atoms. The van der Waals surface area contributed by atoms with Crippen molar-refractivity contribution in [2.45, 2.75) is 41.2 Å². The Balaban J connectivity index is 1.95.